The summed E-state index contributed by atoms with van der Waals surface area (Å²) in [7, 11) is 1.80. The molecule has 29 heavy (non-hydrogen) atoms. The second-order valence-corrected chi connectivity index (χ2v) is 8.40. The van der Waals surface area contributed by atoms with E-state index >= 15 is 0 Å². The summed E-state index contributed by atoms with van der Waals surface area (Å²) < 4.78 is 13.1. The van der Waals surface area contributed by atoms with E-state index in [0.717, 1.165) is 44.2 Å². The van der Waals surface area contributed by atoms with Crippen LogP contribution < -0.4 is 10.2 Å². The SMILES string of the molecule is CN=C(NCCC(=O)N1CCN(c2ccc(F)cc2)CC1)N1CCC(C)(C)C1.I. The van der Waals surface area contributed by atoms with Crippen molar-refractivity contribution < 1.29 is 9.18 Å². The Morgan fingerprint density at radius 2 is 1.76 bits per heavy atom. The Morgan fingerprint density at radius 3 is 2.31 bits per heavy atom. The molecule has 2 heterocycles. The van der Waals surface area contributed by atoms with Gasteiger partial charge in [0.2, 0.25) is 5.91 Å². The van der Waals surface area contributed by atoms with E-state index in [1.54, 1.807) is 19.2 Å². The van der Waals surface area contributed by atoms with Crippen molar-refractivity contribution in [2.45, 2.75) is 26.7 Å². The van der Waals surface area contributed by atoms with Crippen molar-refractivity contribution in [2.75, 3.05) is 57.8 Å². The molecule has 2 fully saturated rings. The van der Waals surface area contributed by atoms with Gasteiger partial charge in [-0.3, -0.25) is 9.79 Å². The van der Waals surface area contributed by atoms with Crippen LogP contribution in [0.4, 0.5) is 10.1 Å². The highest BCUT2D eigenvalue weighted by molar-refractivity contribution is 14.0. The van der Waals surface area contributed by atoms with Crippen LogP contribution in [0.3, 0.4) is 0 Å². The number of hydrogen-bond donors (Lipinski definition) is 1. The number of aliphatic imine (C=N–C) groups is 1. The van der Waals surface area contributed by atoms with Gasteiger partial charge in [-0.1, -0.05) is 13.8 Å². The third-order valence-electron chi connectivity index (χ3n) is 5.63. The van der Waals surface area contributed by atoms with E-state index in [0.29, 0.717) is 31.5 Å². The van der Waals surface area contributed by atoms with E-state index in [1.807, 2.05) is 4.90 Å². The number of amides is 1. The molecule has 6 nitrogen and oxygen atoms in total. The van der Waals surface area contributed by atoms with Crippen LogP contribution in [0, 0.1) is 11.2 Å². The fourth-order valence-corrected chi connectivity index (χ4v) is 3.93. The molecule has 2 aliphatic heterocycles. The van der Waals surface area contributed by atoms with Gasteiger partial charge in [-0.05, 0) is 36.1 Å². The van der Waals surface area contributed by atoms with Crippen molar-refractivity contribution in [1.29, 1.82) is 0 Å². The lowest BCUT2D eigenvalue weighted by molar-refractivity contribution is -0.131. The van der Waals surface area contributed by atoms with Gasteiger partial charge in [0.1, 0.15) is 5.82 Å². The number of rotatable bonds is 4. The molecule has 1 amide bonds. The highest BCUT2D eigenvalue weighted by atomic mass is 127. The number of carbonyl (C=O) groups is 1. The summed E-state index contributed by atoms with van der Waals surface area (Å²) in [6, 6.07) is 6.55. The first-order chi connectivity index (χ1) is 13.4. The molecule has 1 aromatic rings. The average Bonchev–Trinajstić information content (AvgIpc) is 3.05. The van der Waals surface area contributed by atoms with Gasteiger partial charge in [0.25, 0.3) is 0 Å². The zero-order chi connectivity index (χ0) is 20.1. The Labute approximate surface area is 190 Å². The Morgan fingerprint density at radius 1 is 1.10 bits per heavy atom. The summed E-state index contributed by atoms with van der Waals surface area (Å²) in [4.78, 5) is 23.3. The quantitative estimate of drug-likeness (QED) is 0.379. The fraction of sp³-hybridized carbons (Fsp3) is 0.619. The zero-order valence-corrected chi connectivity index (χ0v) is 20.0. The van der Waals surface area contributed by atoms with E-state index in [2.05, 4.69) is 34.0 Å². The predicted molar refractivity (Wildman–Crippen MR) is 127 cm³/mol. The van der Waals surface area contributed by atoms with Gasteiger partial charge in [0.05, 0.1) is 0 Å². The van der Waals surface area contributed by atoms with Crippen LogP contribution in [0.1, 0.15) is 26.7 Å². The van der Waals surface area contributed by atoms with E-state index < -0.39 is 0 Å². The molecule has 0 unspecified atom stereocenters. The Hall–Kier alpha value is -1.58. The van der Waals surface area contributed by atoms with Crippen molar-refractivity contribution >= 4 is 41.5 Å². The molecule has 0 atom stereocenters. The second-order valence-electron chi connectivity index (χ2n) is 8.40. The van der Waals surface area contributed by atoms with Crippen LogP contribution in [-0.2, 0) is 4.79 Å². The summed E-state index contributed by atoms with van der Waals surface area (Å²) in [6.07, 6.45) is 1.62. The first-order valence-corrected chi connectivity index (χ1v) is 10.1. The molecule has 2 saturated heterocycles. The van der Waals surface area contributed by atoms with Gasteiger partial charge in [-0.25, -0.2) is 4.39 Å². The number of likely N-dealkylation sites (tertiary alicyclic amines) is 1. The average molecular weight is 517 g/mol. The standard InChI is InChI=1S/C21H32FN5O.HI/c1-21(2)9-11-27(16-21)20(23-3)24-10-8-19(28)26-14-12-25(13-15-26)18-6-4-17(22)5-7-18;/h4-7H,8-16H2,1-3H3,(H,23,24);1H. The van der Waals surface area contributed by atoms with Crippen LogP contribution >= 0.6 is 24.0 Å². The normalized spacial score (nSPS) is 19.2. The molecular weight excluding hydrogens is 484 g/mol. The summed E-state index contributed by atoms with van der Waals surface area (Å²) in [5, 5.41) is 3.34. The molecule has 3 rings (SSSR count). The molecule has 0 saturated carbocycles. The number of anilines is 1. The maximum atomic E-state index is 13.1. The Bertz CT molecular complexity index is 702. The van der Waals surface area contributed by atoms with E-state index in [1.165, 1.54) is 12.1 Å². The predicted octanol–water partition coefficient (Wildman–Crippen LogP) is 2.79. The van der Waals surface area contributed by atoms with Crippen LogP contribution in [0.5, 0.6) is 0 Å². The molecule has 1 aromatic carbocycles. The third kappa shape index (κ3) is 6.45. The fourth-order valence-electron chi connectivity index (χ4n) is 3.93. The molecule has 0 aromatic heterocycles. The first kappa shape index (κ1) is 23.7. The summed E-state index contributed by atoms with van der Waals surface area (Å²) in [6.45, 7) is 10.1. The topological polar surface area (TPSA) is 51.2 Å². The van der Waals surface area contributed by atoms with Gasteiger partial charge in [-0.2, -0.15) is 0 Å². The lowest BCUT2D eigenvalue weighted by Gasteiger charge is -2.36. The van der Waals surface area contributed by atoms with Gasteiger partial charge in [-0.15, -0.1) is 24.0 Å². The largest absolute Gasteiger partial charge is 0.368 e. The second kappa shape index (κ2) is 10.4. The van der Waals surface area contributed by atoms with Crippen LogP contribution in [0.15, 0.2) is 29.3 Å². The van der Waals surface area contributed by atoms with Crippen LogP contribution in [0.2, 0.25) is 0 Å². The summed E-state index contributed by atoms with van der Waals surface area (Å²) >= 11 is 0. The van der Waals surface area contributed by atoms with Crippen molar-refractivity contribution in [3.8, 4) is 0 Å². The number of hydrogen-bond acceptors (Lipinski definition) is 3. The highest BCUT2D eigenvalue weighted by Gasteiger charge is 2.31. The highest BCUT2D eigenvalue weighted by Crippen LogP contribution is 2.28. The van der Waals surface area contributed by atoms with Crippen molar-refractivity contribution in [3.05, 3.63) is 30.1 Å². The van der Waals surface area contributed by atoms with Crippen LogP contribution in [0.25, 0.3) is 0 Å². The molecule has 0 aliphatic carbocycles. The minimum Gasteiger partial charge on any atom is -0.368 e. The molecule has 0 radical (unpaired) electrons. The first-order valence-electron chi connectivity index (χ1n) is 10.1. The smallest absolute Gasteiger partial charge is 0.224 e. The third-order valence-corrected chi connectivity index (χ3v) is 5.63. The molecule has 8 heteroatoms. The van der Waals surface area contributed by atoms with Crippen molar-refractivity contribution in [2.24, 2.45) is 10.4 Å². The van der Waals surface area contributed by atoms with Gasteiger partial charge in [0.15, 0.2) is 5.96 Å². The minimum atomic E-state index is -0.224. The molecular formula is C21H33FIN5O. The summed E-state index contributed by atoms with van der Waals surface area (Å²) in [5.74, 6) is 0.834. The van der Waals surface area contributed by atoms with E-state index in [-0.39, 0.29) is 35.7 Å². The number of benzene rings is 1. The van der Waals surface area contributed by atoms with Gasteiger partial charge in [0, 0.05) is 65.0 Å². The number of halogens is 2. The van der Waals surface area contributed by atoms with Crippen molar-refractivity contribution in [1.82, 2.24) is 15.1 Å². The minimum absolute atomic E-state index is 0. The zero-order valence-electron chi connectivity index (χ0n) is 17.7. The van der Waals surface area contributed by atoms with Crippen molar-refractivity contribution in [3.63, 3.8) is 0 Å². The number of carbonyl (C=O) groups excluding carboxylic acids is 1. The molecule has 162 valence electrons. The molecule has 0 spiro atoms. The maximum absolute atomic E-state index is 13.1. The lowest BCUT2D eigenvalue weighted by atomic mass is 9.93. The lowest BCUT2D eigenvalue weighted by Crippen LogP contribution is -2.49. The number of nitrogens with one attached hydrogen (secondary N) is 1. The molecule has 1 N–H and O–H groups in total. The molecule has 2 aliphatic rings. The maximum Gasteiger partial charge on any atom is 0.224 e. The summed E-state index contributed by atoms with van der Waals surface area (Å²) in [5.41, 5.74) is 1.32. The van der Waals surface area contributed by atoms with Crippen LogP contribution in [-0.4, -0.2) is 74.5 Å². The monoisotopic (exact) mass is 517 g/mol. The van der Waals surface area contributed by atoms with Gasteiger partial charge < -0.3 is 20.0 Å². The number of guanidine groups is 1. The Kier molecular flexibility index (Phi) is 8.54. The molecule has 0 bridgehead atoms. The van der Waals surface area contributed by atoms with Gasteiger partial charge >= 0.3 is 0 Å². The van der Waals surface area contributed by atoms with E-state index in [4.69, 9.17) is 0 Å². The van der Waals surface area contributed by atoms with E-state index in [9.17, 15) is 9.18 Å². The number of piperazine rings is 1. The number of nitrogens with zero attached hydrogens (tertiary/aromatic N) is 4. The Balaban J connectivity index is 0.00000300.